The van der Waals surface area contributed by atoms with Gasteiger partial charge < -0.3 is 25.9 Å². The number of hydrogen-bond donors (Lipinski definition) is 3. The van der Waals surface area contributed by atoms with E-state index in [2.05, 4.69) is 9.97 Å². The minimum atomic E-state index is -0.202. The van der Waals surface area contributed by atoms with Crippen LogP contribution >= 0.6 is 12.2 Å². The number of hydrogen-bond acceptors (Lipinski definition) is 6. The SMILES string of the molecule is NC(=S)c1cn([C@H]2CC[C@@H](CO)O2)c2ncnc(N)c12. The van der Waals surface area contributed by atoms with Crippen LogP contribution in [0.2, 0.25) is 0 Å². The lowest BCUT2D eigenvalue weighted by Gasteiger charge is -2.14. The lowest BCUT2D eigenvalue weighted by molar-refractivity contribution is -0.0204. The highest BCUT2D eigenvalue weighted by atomic mass is 32.1. The molecule has 0 spiro atoms. The molecule has 0 radical (unpaired) electrons. The molecular formula is C12H15N5O2S. The number of fused-ring (bicyclic) bond motifs is 1. The fourth-order valence-corrected chi connectivity index (χ4v) is 2.70. The van der Waals surface area contributed by atoms with Crippen molar-refractivity contribution in [3.05, 3.63) is 18.1 Å². The predicted octanol–water partition coefficient (Wildman–Crippen LogP) is 0.318. The number of ether oxygens (including phenoxy) is 1. The molecule has 1 saturated heterocycles. The fraction of sp³-hybridized carbons (Fsp3) is 0.417. The zero-order chi connectivity index (χ0) is 14.3. The Morgan fingerprint density at radius 2 is 2.30 bits per heavy atom. The molecule has 0 aliphatic carbocycles. The van der Waals surface area contributed by atoms with Crippen LogP contribution < -0.4 is 11.5 Å². The van der Waals surface area contributed by atoms with Crippen LogP contribution in [0.4, 0.5) is 5.82 Å². The molecule has 1 aliphatic heterocycles. The van der Waals surface area contributed by atoms with Gasteiger partial charge >= 0.3 is 0 Å². The molecule has 8 heteroatoms. The van der Waals surface area contributed by atoms with Gasteiger partial charge in [0.25, 0.3) is 0 Å². The number of nitrogens with zero attached hydrogens (tertiary/aromatic N) is 3. The maximum atomic E-state index is 9.16. The van der Waals surface area contributed by atoms with Crippen LogP contribution in [-0.4, -0.2) is 37.3 Å². The predicted molar refractivity (Wildman–Crippen MR) is 78.1 cm³/mol. The minimum Gasteiger partial charge on any atom is -0.394 e. The van der Waals surface area contributed by atoms with Gasteiger partial charge in [0.15, 0.2) is 0 Å². The van der Waals surface area contributed by atoms with E-state index in [4.69, 9.17) is 33.5 Å². The summed E-state index contributed by atoms with van der Waals surface area (Å²) in [5, 5.41) is 9.81. The molecule has 3 heterocycles. The van der Waals surface area contributed by atoms with Crippen molar-refractivity contribution in [3.63, 3.8) is 0 Å². The average Bonchev–Trinajstić information content (AvgIpc) is 3.02. The number of aliphatic hydroxyl groups is 1. The number of aliphatic hydroxyl groups excluding tert-OH is 1. The van der Waals surface area contributed by atoms with Crippen molar-refractivity contribution < 1.29 is 9.84 Å². The van der Waals surface area contributed by atoms with E-state index in [1.807, 2.05) is 4.57 Å². The first-order valence-electron chi connectivity index (χ1n) is 6.29. The fourth-order valence-electron chi connectivity index (χ4n) is 2.54. The number of rotatable bonds is 3. The van der Waals surface area contributed by atoms with Gasteiger partial charge in [-0.3, -0.25) is 0 Å². The van der Waals surface area contributed by atoms with Gasteiger partial charge in [0.1, 0.15) is 29.0 Å². The first-order valence-corrected chi connectivity index (χ1v) is 6.69. The molecule has 0 unspecified atom stereocenters. The summed E-state index contributed by atoms with van der Waals surface area (Å²) in [6.07, 6.45) is 4.43. The number of anilines is 1. The maximum absolute atomic E-state index is 9.16. The Labute approximate surface area is 120 Å². The van der Waals surface area contributed by atoms with E-state index in [1.54, 1.807) is 6.20 Å². The van der Waals surface area contributed by atoms with E-state index in [9.17, 15) is 0 Å². The number of thiocarbonyl (C=S) groups is 1. The molecular weight excluding hydrogens is 278 g/mol. The third-order valence-corrected chi connectivity index (χ3v) is 3.72. The second-order valence-electron chi connectivity index (χ2n) is 4.74. The average molecular weight is 293 g/mol. The molecule has 7 nitrogen and oxygen atoms in total. The molecule has 106 valence electrons. The van der Waals surface area contributed by atoms with Crippen molar-refractivity contribution in [2.45, 2.75) is 25.2 Å². The molecule has 0 saturated carbocycles. The van der Waals surface area contributed by atoms with Crippen molar-refractivity contribution in [2.24, 2.45) is 5.73 Å². The highest BCUT2D eigenvalue weighted by Gasteiger charge is 2.28. The third kappa shape index (κ3) is 2.01. The summed E-state index contributed by atoms with van der Waals surface area (Å²) in [4.78, 5) is 8.48. The van der Waals surface area contributed by atoms with E-state index in [0.29, 0.717) is 22.4 Å². The quantitative estimate of drug-likeness (QED) is 0.698. The van der Waals surface area contributed by atoms with Crippen LogP contribution in [0.3, 0.4) is 0 Å². The van der Waals surface area contributed by atoms with E-state index >= 15 is 0 Å². The van der Waals surface area contributed by atoms with Gasteiger partial charge in [-0.05, 0) is 12.8 Å². The second kappa shape index (κ2) is 4.97. The lowest BCUT2D eigenvalue weighted by atomic mass is 10.2. The lowest BCUT2D eigenvalue weighted by Crippen LogP contribution is -2.14. The Bertz CT molecular complexity index is 671. The summed E-state index contributed by atoms with van der Waals surface area (Å²) in [7, 11) is 0. The normalized spacial score (nSPS) is 22.4. The number of aromatic nitrogens is 3. The van der Waals surface area contributed by atoms with Gasteiger partial charge in [0.2, 0.25) is 0 Å². The largest absolute Gasteiger partial charge is 0.394 e. The smallest absolute Gasteiger partial charge is 0.148 e. The van der Waals surface area contributed by atoms with Crippen molar-refractivity contribution in [3.8, 4) is 0 Å². The molecule has 20 heavy (non-hydrogen) atoms. The summed E-state index contributed by atoms with van der Waals surface area (Å²) >= 11 is 5.06. The molecule has 2 aromatic heterocycles. The summed E-state index contributed by atoms with van der Waals surface area (Å²) in [6, 6.07) is 0. The standard InChI is InChI=1S/C12H15N5O2S/c13-10-9-7(11(14)20)3-17(12(9)16-5-15-10)8-2-1-6(4-18)19-8/h3,5-6,8,18H,1-2,4H2,(H2,14,20)(H2,13,15,16)/t6-,8+/m0/s1. The van der Waals surface area contributed by atoms with E-state index in [0.717, 1.165) is 12.8 Å². The monoisotopic (exact) mass is 293 g/mol. The van der Waals surface area contributed by atoms with Gasteiger partial charge in [-0.25, -0.2) is 9.97 Å². The van der Waals surface area contributed by atoms with Crippen LogP contribution in [0, 0.1) is 0 Å². The van der Waals surface area contributed by atoms with E-state index in [1.165, 1.54) is 6.33 Å². The van der Waals surface area contributed by atoms with Gasteiger partial charge in [-0.1, -0.05) is 12.2 Å². The molecule has 1 fully saturated rings. The number of nitrogen functional groups attached to an aromatic ring is 1. The van der Waals surface area contributed by atoms with Gasteiger partial charge in [0, 0.05) is 11.8 Å². The van der Waals surface area contributed by atoms with Crippen molar-refractivity contribution >= 4 is 34.1 Å². The third-order valence-electron chi connectivity index (χ3n) is 3.50. The van der Waals surface area contributed by atoms with Crippen molar-refractivity contribution in [1.29, 1.82) is 0 Å². The van der Waals surface area contributed by atoms with E-state index < -0.39 is 0 Å². The van der Waals surface area contributed by atoms with Gasteiger partial charge in [0.05, 0.1) is 18.1 Å². The molecule has 5 N–H and O–H groups in total. The van der Waals surface area contributed by atoms with Crippen LogP contribution in [0.5, 0.6) is 0 Å². The van der Waals surface area contributed by atoms with Gasteiger partial charge in [-0.2, -0.15) is 0 Å². The summed E-state index contributed by atoms with van der Waals surface area (Å²) in [5.41, 5.74) is 12.9. The molecule has 2 atom stereocenters. The zero-order valence-corrected chi connectivity index (χ0v) is 11.5. The van der Waals surface area contributed by atoms with Crippen LogP contribution in [0.15, 0.2) is 12.5 Å². The van der Waals surface area contributed by atoms with Crippen LogP contribution in [0.1, 0.15) is 24.6 Å². The summed E-state index contributed by atoms with van der Waals surface area (Å²) in [6.45, 7) is 0.00891. The summed E-state index contributed by atoms with van der Waals surface area (Å²) < 4.78 is 7.62. The number of nitrogens with two attached hydrogens (primary N) is 2. The molecule has 3 rings (SSSR count). The highest BCUT2D eigenvalue weighted by Crippen LogP contribution is 2.33. The first kappa shape index (κ1) is 13.2. The first-order chi connectivity index (χ1) is 9.61. The molecule has 1 aliphatic rings. The Hall–Kier alpha value is -1.77. The van der Waals surface area contributed by atoms with Gasteiger partial charge in [-0.15, -0.1) is 0 Å². The molecule has 0 amide bonds. The molecule has 0 aromatic carbocycles. The Morgan fingerprint density at radius 3 is 2.95 bits per heavy atom. The van der Waals surface area contributed by atoms with E-state index in [-0.39, 0.29) is 23.9 Å². The maximum Gasteiger partial charge on any atom is 0.148 e. The highest BCUT2D eigenvalue weighted by molar-refractivity contribution is 7.80. The Balaban J connectivity index is 2.12. The molecule has 0 bridgehead atoms. The Morgan fingerprint density at radius 1 is 1.50 bits per heavy atom. The Kier molecular flexibility index (Phi) is 3.28. The van der Waals surface area contributed by atoms with Crippen LogP contribution in [-0.2, 0) is 4.74 Å². The topological polar surface area (TPSA) is 112 Å². The summed E-state index contributed by atoms with van der Waals surface area (Å²) in [5.74, 6) is 0.341. The van der Waals surface area contributed by atoms with Crippen molar-refractivity contribution in [1.82, 2.24) is 14.5 Å². The zero-order valence-electron chi connectivity index (χ0n) is 10.7. The van der Waals surface area contributed by atoms with Crippen molar-refractivity contribution in [2.75, 3.05) is 12.3 Å². The van der Waals surface area contributed by atoms with Crippen LogP contribution in [0.25, 0.3) is 11.0 Å². The second-order valence-corrected chi connectivity index (χ2v) is 5.18. The molecule has 2 aromatic rings. The minimum absolute atomic E-state index is 0.00891.